The monoisotopic (exact) mass is 344 g/mol. The van der Waals surface area contributed by atoms with Gasteiger partial charge in [-0.1, -0.05) is 35.9 Å². The van der Waals surface area contributed by atoms with Gasteiger partial charge in [-0.15, -0.1) is 0 Å². The van der Waals surface area contributed by atoms with Crippen LogP contribution >= 0.6 is 0 Å². The fraction of sp³-hybridized carbons (Fsp3) is 0.368. The van der Waals surface area contributed by atoms with Crippen molar-refractivity contribution in [2.45, 2.75) is 25.7 Å². The number of hydrogen-bond donors (Lipinski definition) is 0. The minimum atomic E-state index is -3.40. The van der Waals surface area contributed by atoms with E-state index < -0.39 is 10.0 Å². The fourth-order valence-corrected chi connectivity index (χ4v) is 4.74. The van der Waals surface area contributed by atoms with Gasteiger partial charge in [-0.2, -0.15) is 4.31 Å². The number of anilines is 1. The predicted octanol–water partition coefficient (Wildman–Crippen LogP) is 3.12. The number of nitrogens with zero attached hydrogens (tertiary/aromatic N) is 2. The van der Waals surface area contributed by atoms with Crippen LogP contribution in [0.25, 0.3) is 0 Å². The molecule has 4 nitrogen and oxygen atoms in total. The van der Waals surface area contributed by atoms with Crippen LogP contribution in [-0.4, -0.2) is 38.9 Å². The van der Waals surface area contributed by atoms with Crippen molar-refractivity contribution in [3.8, 4) is 0 Å². The van der Waals surface area contributed by atoms with E-state index in [1.807, 2.05) is 19.1 Å². The summed E-state index contributed by atoms with van der Waals surface area (Å²) in [4.78, 5) is 2.68. The van der Waals surface area contributed by atoms with E-state index in [1.165, 1.54) is 16.8 Å². The molecule has 0 N–H and O–H groups in total. The van der Waals surface area contributed by atoms with E-state index in [0.717, 1.165) is 18.7 Å². The van der Waals surface area contributed by atoms with Crippen molar-refractivity contribution in [2.24, 2.45) is 0 Å². The van der Waals surface area contributed by atoms with Crippen LogP contribution in [0.2, 0.25) is 0 Å². The first-order valence-electron chi connectivity index (χ1n) is 8.27. The summed E-state index contributed by atoms with van der Waals surface area (Å²) in [6.07, 6.45) is 0. The van der Waals surface area contributed by atoms with Crippen molar-refractivity contribution in [1.29, 1.82) is 0 Å². The molecule has 24 heavy (non-hydrogen) atoms. The zero-order chi connectivity index (χ0) is 17.3. The second-order valence-corrected chi connectivity index (χ2v) is 8.38. The average Bonchev–Trinajstić information content (AvgIpc) is 2.55. The Kier molecular flexibility index (Phi) is 4.65. The third kappa shape index (κ3) is 3.19. The molecule has 0 aliphatic carbocycles. The molecule has 1 aliphatic heterocycles. The SMILES string of the molecule is Cc1ccc(S(=O)(=O)N2CCN(c3c(C)cccc3C)CC2)cc1. The molecule has 3 rings (SSSR count). The zero-order valence-corrected chi connectivity index (χ0v) is 15.3. The largest absolute Gasteiger partial charge is 0.368 e. The molecule has 0 saturated carbocycles. The van der Waals surface area contributed by atoms with Crippen LogP contribution in [-0.2, 0) is 10.0 Å². The van der Waals surface area contributed by atoms with E-state index in [1.54, 1.807) is 16.4 Å². The third-order valence-corrected chi connectivity index (χ3v) is 6.57. The Hall–Kier alpha value is -1.85. The summed E-state index contributed by atoms with van der Waals surface area (Å²) < 4.78 is 27.2. The van der Waals surface area contributed by atoms with E-state index >= 15 is 0 Å². The second kappa shape index (κ2) is 6.57. The van der Waals surface area contributed by atoms with Crippen LogP contribution in [0.1, 0.15) is 16.7 Å². The van der Waals surface area contributed by atoms with Crippen molar-refractivity contribution in [3.63, 3.8) is 0 Å². The molecular weight excluding hydrogens is 320 g/mol. The van der Waals surface area contributed by atoms with Crippen LogP contribution in [0.3, 0.4) is 0 Å². The van der Waals surface area contributed by atoms with Gasteiger partial charge in [-0.3, -0.25) is 0 Å². The molecule has 0 aromatic heterocycles. The molecule has 2 aromatic carbocycles. The summed E-state index contributed by atoms with van der Waals surface area (Å²) in [6.45, 7) is 8.65. The predicted molar refractivity (Wildman–Crippen MR) is 98.1 cm³/mol. The number of sulfonamides is 1. The van der Waals surface area contributed by atoms with Crippen LogP contribution in [0.4, 0.5) is 5.69 Å². The molecular formula is C19H24N2O2S. The maximum atomic E-state index is 12.8. The summed E-state index contributed by atoms with van der Waals surface area (Å²) >= 11 is 0. The highest BCUT2D eigenvalue weighted by atomic mass is 32.2. The van der Waals surface area contributed by atoms with Gasteiger partial charge in [0, 0.05) is 31.9 Å². The van der Waals surface area contributed by atoms with Crippen molar-refractivity contribution in [3.05, 3.63) is 59.2 Å². The normalized spacial score (nSPS) is 16.4. The molecule has 2 aromatic rings. The van der Waals surface area contributed by atoms with Gasteiger partial charge in [0.2, 0.25) is 10.0 Å². The van der Waals surface area contributed by atoms with Gasteiger partial charge in [0.25, 0.3) is 0 Å². The Morgan fingerprint density at radius 2 is 1.33 bits per heavy atom. The average molecular weight is 344 g/mol. The van der Waals surface area contributed by atoms with E-state index in [2.05, 4.69) is 36.9 Å². The minimum Gasteiger partial charge on any atom is -0.368 e. The Morgan fingerprint density at radius 3 is 1.88 bits per heavy atom. The highest BCUT2D eigenvalue weighted by Gasteiger charge is 2.29. The maximum Gasteiger partial charge on any atom is 0.243 e. The summed E-state index contributed by atoms with van der Waals surface area (Å²) in [5.41, 5.74) is 4.79. The Bertz CT molecular complexity index is 801. The highest BCUT2D eigenvalue weighted by molar-refractivity contribution is 7.89. The standard InChI is InChI=1S/C19H24N2O2S/c1-15-7-9-18(10-8-15)24(22,23)21-13-11-20(12-14-21)19-16(2)5-4-6-17(19)3/h4-10H,11-14H2,1-3H3. The van der Waals surface area contributed by atoms with Crippen molar-refractivity contribution >= 4 is 15.7 Å². The second-order valence-electron chi connectivity index (χ2n) is 6.44. The Labute approximate surface area is 144 Å². The number of hydrogen-bond acceptors (Lipinski definition) is 3. The van der Waals surface area contributed by atoms with Gasteiger partial charge < -0.3 is 4.90 Å². The van der Waals surface area contributed by atoms with Gasteiger partial charge >= 0.3 is 0 Å². The topological polar surface area (TPSA) is 40.6 Å². The molecule has 1 saturated heterocycles. The first-order valence-corrected chi connectivity index (χ1v) is 9.71. The van der Waals surface area contributed by atoms with Gasteiger partial charge in [-0.25, -0.2) is 8.42 Å². The minimum absolute atomic E-state index is 0.383. The third-order valence-electron chi connectivity index (χ3n) is 4.65. The van der Waals surface area contributed by atoms with Gasteiger partial charge in [0.15, 0.2) is 0 Å². The summed E-state index contributed by atoms with van der Waals surface area (Å²) in [5.74, 6) is 0. The highest BCUT2D eigenvalue weighted by Crippen LogP contribution is 2.27. The number of aryl methyl sites for hydroxylation is 3. The quantitative estimate of drug-likeness (QED) is 0.859. The van der Waals surface area contributed by atoms with E-state index in [-0.39, 0.29) is 0 Å². The molecule has 0 radical (unpaired) electrons. The first kappa shape index (κ1) is 17.0. The lowest BCUT2D eigenvalue weighted by molar-refractivity contribution is 0.384. The molecule has 0 spiro atoms. The zero-order valence-electron chi connectivity index (χ0n) is 14.5. The molecule has 0 amide bonds. The first-order chi connectivity index (χ1) is 11.4. The van der Waals surface area contributed by atoms with Crippen LogP contribution in [0, 0.1) is 20.8 Å². The Morgan fingerprint density at radius 1 is 0.792 bits per heavy atom. The molecule has 1 aliphatic rings. The van der Waals surface area contributed by atoms with E-state index in [0.29, 0.717) is 18.0 Å². The van der Waals surface area contributed by atoms with Crippen molar-refractivity contribution in [1.82, 2.24) is 4.31 Å². The molecule has 0 bridgehead atoms. The van der Waals surface area contributed by atoms with Gasteiger partial charge in [0.05, 0.1) is 4.90 Å². The van der Waals surface area contributed by atoms with E-state index in [4.69, 9.17) is 0 Å². The number of piperazine rings is 1. The maximum absolute atomic E-state index is 12.8. The number of para-hydroxylation sites is 1. The number of rotatable bonds is 3. The smallest absolute Gasteiger partial charge is 0.243 e. The van der Waals surface area contributed by atoms with Gasteiger partial charge in [-0.05, 0) is 44.0 Å². The summed E-state index contributed by atoms with van der Waals surface area (Å²) in [7, 11) is -3.40. The van der Waals surface area contributed by atoms with Crippen LogP contribution in [0.15, 0.2) is 47.4 Å². The lowest BCUT2D eigenvalue weighted by atomic mass is 10.1. The molecule has 1 heterocycles. The summed E-state index contributed by atoms with van der Waals surface area (Å²) in [5, 5.41) is 0. The Balaban J connectivity index is 1.76. The number of benzene rings is 2. The molecule has 5 heteroatoms. The fourth-order valence-electron chi connectivity index (χ4n) is 3.32. The van der Waals surface area contributed by atoms with E-state index in [9.17, 15) is 8.42 Å². The molecule has 0 unspecified atom stereocenters. The van der Waals surface area contributed by atoms with Crippen molar-refractivity contribution < 1.29 is 8.42 Å². The van der Waals surface area contributed by atoms with Crippen LogP contribution in [0.5, 0.6) is 0 Å². The van der Waals surface area contributed by atoms with Gasteiger partial charge in [0.1, 0.15) is 0 Å². The molecule has 0 atom stereocenters. The lowest BCUT2D eigenvalue weighted by Crippen LogP contribution is -2.49. The van der Waals surface area contributed by atoms with Crippen LogP contribution < -0.4 is 4.90 Å². The molecule has 1 fully saturated rings. The lowest BCUT2D eigenvalue weighted by Gasteiger charge is -2.36. The van der Waals surface area contributed by atoms with Crippen molar-refractivity contribution in [2.75, 3.05) is 31.1 Å². The molecule has 128 valence electrons. The summed E-state index contributed by atoms with van der Waals surface area (Å²) in [6, 6.07) is 13.4.